The Bertz CT molecular complexity index is 277. The number of fused-ring (bicyclic) bond motifs is 2. The first-order valence-electron chi connectivity index (χ1n) is 3.97. The Labute approximate surface area is 71.4 Å². The Hall–Kier alpha value is -0.170. The molecule has 2 heterocycles. The quantitative estimate of drug-likeness (QED) is 0.548. The smallest absolute Gasteiger partial charge is 0.238 e. The molecule has 2 saturated heterocycles. The molecule has 70 valence electrons. The van der Waals surface area contributed by atoms with Gasteiger partial charge >= 0.3 is 0 Å². The van der Waals surface area contributed by atoms with Crippen LogP contribution in [0.2, 0.25) is 0 Å². The average molecular weight is 192 g/mol. The van der Waals surface area contributed by atoms with Gasteiger partial charge in [-0.3, -0.25) is 0 Å². The molecular formula is C6H12N2O3S. The Kier molecular flexibility index (Phi) is 1.87. The van der Waals surface area contributed by atoms with Crippen LogP contribution in [0.3, 0.4) is 0 Å². The summed E-state index contributed by atoms with van der Waals surface area (Å²) in [5, 5.41) is 11.8. The number of hydrogen-bond donors (Lipinski definition) is 2. The maximum absolute atomic E-state index is 11.2. The molecule has 0 radical (unpaired) electrons. The second-order valence-corrected chi connectivity index (χ2v) is 5.20. The largest absolute Gasteiger partial charge is 0.379 e. The highest BCUT2D eigenvalue weighted by Crippen LogP contribution is 2.25. The zero-order valence-corrected chi connectivity index (χ0v) is 7.42. The summed E-state index contributed by atoms with van der Waals surface area (Å²) in [6, 6.07) is 0.378. The molecule has 0 aromatic rings. The third-order valence-electron chi connectivity index (χ3n) is 2.53. The van der Waals surface area contributed by atoms with Crippen molar-refractivity contribution in [1.82, 2.24) is 9.62 Å². The molecule has 2 atom stereocenters. The summed E-state index contributed by atoms with van der Waals surface area (Å²) in [6.45, 7) is 1.25. The molecule has 2 aliphatic rings. The Balaban J connectivity index is 2.17. The molecule has 0 aromatic heterocycles. The first-order valence-corrected chi connectivity index (χ1v) is 5.58. The van der Waals surface area contributed by atoms with Crippen LogP contribution in [0.1, 0.15) is 6.42 Å². The zero-order valence-electron chi connectivity index (χ0n) is 6.60. The minimum atomic E-state index is -3.38. The molecule has 5 nitrogen and oxygen atoms in total. The predicted molar refractivity (Wildman–Crippen MR) is 42.9 cm³/mol. The highest BCUT2D eigenvalue weighted by Gasteiger charge is 2.43. The summed E-state index contributed by atoms with van der Waals surface area (Å²) in [5.74, 6) is -0.768. The maximum Gasteiger partial charge on any atom is 0.238 e. The van der Waals surface area contributed by atoms with Crippen molar-refractivity contribution in [2.24, 2.45) is 0 Å². The monoisotopic (exact) mass is 192 g/mol. The summed E-state index contributed by atoms with van der Waals surface area (Å²) in [5.41, 5.74) is 0. The van der Waals surface area contributed by atoms with Gasteiger partial charge in [-0.25, -0.2) is 8.42 Å². The number of piperazine rings is 1. The normalized spacial score (nSPS) is 36.1. The number of aliphatic hydroxyl groups excluding tert-OH is 1. The highest BCUT2D eigenvalue weighted by molar-refractivity contribution is 7.88. The van der Waals surface area contributed by atoms with Gasteiger partial charge in [0.25, 0.3) is 0 Å². The number of nitrogens with zero attached hydrogens (tertiary/aromatic N) is 1. The summed E-state index contributed by atoms with van der Waals surface area (Å²) in [7, 11) is -3.38. The van der Waals surface area contributed by atoms with Crippen molar-refractivity contribution in [2.75, 3.05) is 19.0 Å². The first kappa shape index (κ1) is 8.43. The second-order valence-electron chi connectivity index (χ2n) is 3.31. The lowest BCUT2D eigenvalue weighted by Crippen LogP contribution is -2.47. The van der Waals surface area contributed by atoms with Crippen molar-refractivity contribution in [2.45, 2.75) is 18.5 Å². The Morgan fingerprint density at radius 2 is 2.33 bits per heavy atom. The molecule has 0 spiro atoms. The molecule has 2 rings (SSSR count). The summed E-state index contributed by atoms with van der Waals surface area (Å²) in [6.07, 6.45) is 0.888. The molecule has 0 amide bonds. The highest BCUT2D eigenvalue weighted by atomic mass is 32.2. The molecule has 2 fully saturated rings. The fraction of sp³-hybridized carbons (Fsp3) is 1.00. The molecule has 2 N–H and O–H groups in total. The lowest BCUT2D eigenvalue weighted by atomic mass is 10.2. The van der Waals surface area contributed by atoms with E-state index in [0.29, 0.717) is 12.6 Å². The number of nitrogens with one attached hydrogen (secondary N) is 1. The number of hydrogen-bond acceptors (Lipinski definition) is 4. The van der Waals surface area contributed by atoms with Crippen LogP contribution in [0.5, 0.6) is 0 Å². The topological polar surface area (TPSA) is 69.6 Å². The van der Waals surface area contributed by atoms with Gasteiger partial charge in [0, 0.05) is 25.2 Å². The van der Waals surface area contributed by atoms with E-state index >= 15 is 0 Å². The SMILES string of the molecule is O=S(=O)(CO)N1CC2CC1CN2. The average Bonchev–Trinajstić information content (AvgIpc) is 2.64. The van der Waals surface area contributed by atoms with Gasteiger partial charge in [0.15, 0.2) is 5.94 Å². The van der Waals surface area contributed by atoms with Gasteiger partial charge in [-0.05, 0) is 6.42 Å². The van der Waals surface area contributed by atoms with E-state index in [1.165, 1.54) is 4.31 Å². The van der Waals surface area contributed by atoms with Crippen molar-refractivity contribution in [3.63, 3.8) is 0 Å². The van der Waals surface area contributed by atoms with E-state index in [9.17, 15) is 8.42 Å². The van der Waals surface area contributed by atoms with Gasteiger partial charge in [0.2, 0.25) is 10.0 Å². The van der Waals surface area contributed by atoms with Crippen molar-refractivity contribution >= 4 is 10.0 Å². The third-order valence-corrected chi connectivity index (χ3v) is 4.01. The van der Waals surface area contributed by atoms with E-state index < -0.39 is 16.0 Å². The van der Waals surface area contributed by atoms with Crippen LogP contribution in [0.25, 0.3) is 0 Å². The van der Waals surface area contributed by atoms with Crippen molar-refractivity contribution < 1.29 is 13.5 Å². The maximum atomic E-state index is 11.2. The fourth-order valence-electron chi connectivity index (χ4n) is 1.94. The van der Waals surface area contributed by atoms with E-state index in [-0.39, 0.29) is 6.04 Å². The molecule has 0 aromatic carbocycles. The molecule has 0 aliphatic carbocycles. The van der Waals surface area contributed by atoms with Crippen molar-refractivity contribution in [1.29, 1.82) is 0 Å². The van der Waals surface area contributed by atoms with E-state index in [0.717, 1.165) is 13.0 Å². The van der Waals surface area contributed by atoms with Crippen LogP contribution in [0.15, 0.2) is 0 Å². The van der Waals surface area contributed by atoms with Crippen molar-refractivity contribution in [3.05, 3.63) is 0 Å². The second kappa shape index (κ2) is 2.66. The van der Waals surface area contributed by atoms with Gasteiger partial charge in [0.05, 0.1) is 0 Å². The number of aliphatic hydroxyl groups is 1. The van der Waals surface area contributed by atoms with E-state index in [4.69, 9.17) is 5.11 Å². The minimum absolute atomic E-state index is 0.0761. The number of sulfonamides is 1. The van der Waals surface area contributed by atoms with E-state index in [1.807, 2.05) is 0 Å². The van der Waals surface area contributed by atoms with Crippen LogP contribution < -0.4 is 5.32 Å². The molecule has 2 unspecified atom stereocenters. The molecule has 2 aliphatic heterocycles. The lowest BCUT2D eigenvalue weighted by Gasteiger charge is -2.25. The van der Waals surface area contributed by atoms with Gasteiger partial charge in [-0.2, -0.15) is 4.31 Å². The molecule has 0 saturated carbocycles. The molecular weight excluding hydrogens is 180 g/mol. The van der Waals surface area contributed by atoms with Crippen molar-refractivity contribution in [3.8, 4) is 0 Å². The zero-order chi connectivity index (χ0) is 8.77. The first-order chi connectivity index (χ1) is 5.63. The predicted octanol–water partition coefficient (Wildman–Crippen LogP) is -1.69. The van der Waals surface area contributed by atoms with Crippen LogP contribution in [-0.2, 0) is 10.0 Å². The Morgan fingerprint density at radius 1 is 1.58 bits per heavy atom. The van der Waals surface area contributed by atoms with Crippen LogP contribution in [-0.4, -0.2) is 48.9 Å². The summed E-state index contributed by atoms with van der Waals surface area (Å²) in [4.78, 5) is 0. The van der Waals surface area contributed by atoms with Gasteiger partial charge in [0.1, 0.15) is 0 Å². The standard InChI is InChI=1S/C6H12N2O3S/c9-4-12(10,11)8-3-5-1-6(8)2-7-5/h5-7,9H,1-4H2. The van der Waals surface area contributed by atoms with Crippen LogP contribution >= 0.6 is 0 Å². The molecule has 6 heteroatoms. The summed E-state index contributed by atoms with van der Waals surface area (Å²) < 4.78 is 23.9. The lowest BCUT2D eigenvalue weighted by molar-refractivity contribution is 0.307. The fourth-order valence-corrected chi connectivity index (χ4v) is 3.11. The number of rotatable bonds is 2. The molecule has 2 bridgehead atoms. The van der Waals surface area contributed by atoms with Gasteiger partial charge in [-0.1, -0.05) is 0 Å². The minimum Gasteiger partial charge on any atom is -0.379 e. The summed E-state index contributed by atoms with van der Waals surface area (Å²) >= 11 is 0. The van der Waals surface area contributed by atoms with Gasteiger partial charge < -0.3 is 10.4 Å². The molecule has 12 heavy (non-hydrogen) atoms. The van der Waals surface area contributed by atoms with E-state index in [1.54, 1.807) is 0 Å². The Morgan fingerprint density at radius 3 is 2.75 bits per heavy atom. The van der Waals surface area contributed by atoms with Crippen LogP contribution in [0.4, 0.5) is 0 Å². The van der Waals surface area contributed by atoms with Gasteiger partial charge in [-0.15, -0.1) is 0 Å². The van der Waals surface area contributed by atoms with Crippen LogP contribution in [0, 0.1) is 0 Å². The van der Waals surface area contributed by atoms with E-state index in [2.05, 4.69) is 5.32 Å². The third kappa shape index (κ3) is 1.15.